The standard InChI is InChI=1S/C21H23F2N3.C2H2.CH3F/c1-4-26-8-7-14-15-9-12(2)5-6-18(15)25-20(14)21(26)19-16(22)10-13(24-3)11-17(19)23;2*1-2/h5-6,9-11,21,24-25H,4,7-8H2,1-3H3;1-2H;1H3/t21-;;/m0../s1. The monoisotopic (exact) mass is 415 g/mol. The third kappa shape index (κ3) is 4.17. The molecule has 2 aromatic carbocycles. The van der Waals surface area contributed by atoms with E-state index in [1.807, 2.05) is 13.0 Å². The molecule has 0 radical (unpaired) electrons. The second-order valence-corrected chi connectivity index (χ2v) is 6.95. The van der Waals surface area contributed by atoms with Gasteiger partial charge in [0, 0.05) is 41.4 Å². The van der Waals surface area contributed by atoms with Gasteiger partial charge < -0.3 is 10.3 Å². The average molecular weight is 416 g/mol. The summed E-state index contributed by atoms with van der Waals surface area (Å²) in [7, 11) is 2.16. The molecule has 3 aromatic rings. The first-order valence-corrected chi connectivity index (χ1v) is 9.76. The van der Waals surface area contributed by atoms with Crippen LogP contribution < -0.4 is 5.32 Å². The predicted octanol–water partition coefficient (Wildman–Crippen LogP) is 5.60. The molecule has 1 atom stereocenters. The number of aryl methyl sites for hydroxylation is 1. The number of nitrogens with zero attached hydrogens (tertiary/aromatic N) is 1. The summed E-state index contributed by atoms with van der Waals surface area (Å²) >= 11 is 0. The largest absolute Gasteiger partial charge is 0.388 e. The van der Waals surface area contributed by atoms with Gasteiger partial charge in [0.05, 0.1) is 13.2 Å². The Labute approximate surface area is 176 Å². The van der Waals surface area contributed by atoms with E-state index in [2.05, 4.69) is 47.1 Å². The number of H-pyrrole nitrogens is 1. The molecule has 0 amide bonds. The molecule has 0 aliphatic carbocycles. The van der Waals surface area contributed by atoms with E-state index in [0.29, 0.717) is 12.9 Å². The van der Waals surface area contributed by atoms with E-state index in [4.69, 9.17) is 0 Å². The summed E-state index contributed by atoms with van der Waals surface area (Å²) in [6.45, 7) is 5.60. The summed E-state index contributed by atoms with van der Waals surface area (Å²) in [6.07, 6.45) is 8.88. The predicted molar refractivity (Wildman–Crippen MR) is 119 cm³/mol. The fraction of sp³-hybridized carbons (Fsp3) is 0.333. The molecule has 6 heteroatoms. The van der Waals surface area contributed by atoms with E-state index in [1.54, 1.807) is 7.05 Å². The van der Waals surface area contributed by atoms with Crippen LogP contribution in [0.5, 0.6) is 0 Å². The van der Waals surface area contributed by atoms with Gasteiger partial charge in [-0.2, -0.15) is 0 Å². The zero-order valence-corrected chi connectivity index (χ0v) is 17.8. The molecule has 0 spiro atoms. The number of anilines is 1. The van der Waals surface area contributed by atoms with Gasteiger partial charge in [-0.15, -0.1) is 12.8 Å². The summed E-state index contributed by atoms with van der Waals surface area (Å²) < 4.78 is 39.3. The number of aromatic nitrogens is 1. The van der Waals surface area contributed by atoms with Gasteiger partial charge in [-0.25, -0.2) is 8.78 Å². The lowest BCUT2D eigenvalue weighted by Gasteiger charge is -2.35. The molecule has 1 aliphatic heterocycles. The van der Waals surface area contributed by atoms with Crippen molar-refractivity contribution in [3.05, 3.63) is 64.4 Å². The summed E-state index contributed by atoms with van der Waals surface area (Å²) in [4.78, 5) is 5.58. The van der Waals surface area contributed by atoms with Gasteiger partial charge in [-0.1, -0.05) is 18.6 Å². The van der Waals surface area contributed by atoms with Gasteiger partial charge in [0.25, 0.3) is 0 Å². The lowest BCUT2D eigenvalue weighted by Crippen LogP contribution is -2.36. The normalized spacial score (nSPS) is 15.4. The number of rotatable bonds is 3. The van der Waals surface area contributed by atoms with Crippen LogP contribution in [0, 0.1) is 31.4 Å². The molecule has 1 aliphatic rings. The summed E-state index contributed by atoms with van der Waals surface area (Å²) in [6, 6.07) is 8.55. The minimum absolute atomic E-state index is 0.120. The third-order valence-corrected chi connectivity index (χ3v) is 5.43. The zero-order chi connectivity index (χ0) is 22.4. The first-order chi connectivity index (χ1) is 14.5. The maximum Gasteiger partial charge on any atom is 0.133 e. The number of halogens is 3. The molecule has 30 heavy (non-hydrogen) atoms. The van der Waals surface area contributed by atoms with Crippen molar-refractivity contribution in [1.29, 1.82) is 0 Å². The number of terminal acetylenes is 1. The number of hydrogen-bond donors (Lipinski definition) is 2. The second-order valence-electron chi connectivity index (χ2n) is 6.95. The highest BCUT2D eigenvalue weighted by atomic mass is 19.1. The lowest BCUT2D eigenvalue weighted by molar-refractivity contribution is 0.214. The molecule has 0 saturated carbocycles. The van der Waals surface area contributed by atoms with Crippen molar-refractivity contribution in [2.24, 2.45) is 0 Å². The molecule has 4 rings (SSSR count). The number of hydrogen-bond acceptors (Lipinski definition) is 2. The summed E-state index contributed by atoms with van der Waals surface area (Å²) in [5, 5.41) is 3.97. The molecule has 1 aromatic heterocycles. The van der Waals surface area contributed by atoms with Crippen LogP contribution in [0.4, 0.5) is 18.9 Å². The van der Waals surface area contributed by atoms with Crippen LogP contribution >= 0.6 is 0 Å². The van der Waals surface area contributed by atoms with Crippen LogP contribution in [-0.2, 0) is 6.42 Å². The highest BCUT2D eigenvalue weighted by Crippen LogP contribution is 2.40. The van der Waals surface area contributed by atoms with Crippen LogP contribution in [-0.4, -0.2) is 37.2 Å². The Kier molecular flexibility index (Phi) is 7.96. The smallest absolute Gasteiger partial charge is 0.133 e. The Morgan fingerprint density at radius 2 is 1.77 bits per heavy atom. The van der Waals surface area contributed by atoms with Gasteiger partial charge >= 0.3 is 0 Å². The lowest BCUT2D eigenvalue weighted by atomic mass is 9.91. The van der Waals surface area contributed by atoms with Crippen molar-refractivity contribution in [3.63, 3.8) is 0 Å². The minimum atomic E-state index is -0.513. The highest BCUT2D eigenvalue weighted by Gasteiger charge is 2.34. The maximum absolute atomic E-state index is 14.9. The zero-order valence-electron chi connectivity index (χ0n) is 17.8. The summed E-state index contributed by atoms with van der Waals surface area (Å²) in [5.74, 6) is -1.03. The maximum atomic E-state index is 14.9. The average Bonchev–Trinajstić information content (AvgIpc) is 3.14. The fourth-order valence-electron chi connectivity index (χ4n) is 4.11. The van der Waals surface area contributed by atoms with Gasteiger partial charge in [-0.05, 0) is 49.7 Å². The van der Waals surface area contributed by atoms with E-state index in [0.717, 1.165) is 36.1 Å². The molecular formula is C24H28F3N3. The van der Waals surface area contributed by atoms with Crippen LogP contribution in [0.15, 0.2) is 30.3 Å². The number of aromatic amines is 1. The molecule has 0 bridgehead atoms. The first-order valence-electron chi connectivity index (χ1n) is 9.76. The number of fused-ring (bicyclic) bond motifs is 3. The Bertz CT molecular complexity index is 1000. The minimum Gasteiger partial charge on any atom is -0.388 e. The number of alkyl halides is 1. The topological polar surface area (TPSA) is 31.1 Å². The molecule has 160 valence electrons. The molecule has 0 fully saturated rings. The van der Waals surface area contributed by atoms with Gasteiger partial charge in [0.2, 0.25) is 0 Å². The molecular weight excluding hydrogens is 387 g/mol. The quantitative estimate of drug-likeness (QED) is 0.546. The van der Waals surface area contributed by atoms with Crippen LogP contribution in [0.2, 0.25) is 0 Å². The van der Waals surface area contributed by atoms with Gasteiger partial charge in [0.1, 0.15) is 11.6 Å². The Morgan fingerprint density at radius 3 is 2.33 bits per heavy atom. The summed E-state index contributed by atoms with van der Waals surface area (Å²) in [5.41, 5.74) is 4.86. The molecule has 2 N–H and O–H groups in total. The van der Waals surface area contributed by atoms with E-state index < -0.39 is 17.7 Å². The number of likely N-dealkylation sites (N-methyl/N-ethyl adjacent to an activating group) is 1. The van der Waals surface area contributed by atoms with Crippen LogP contribution in [0.25, 0.3) is 10.9 Å². The number of nitrogens with one attached hydrogen (secondary N) is 2. The third-order valence-electron chi connectivity index (χ3n) is 5.43. The molecule has 3 nitrogen and oxygen atoms in total. The highest BCUT2D eigenvalue weighted by molar-refractivity contribution is 5.86. The van der Waals surface area contributed by atoms with Gasteiger partial charge in [-0.3, -0.25) is 9.29 Å². The SMILES string of the molecule is C#C.CCN1CCc2c([nH]c3ccc(C)cc23)[C@@H]1c1c(F)cc(NC)cc1F.CF. The fourth-order valence-corrected chi connectivity index (χ4v) is 4.11. The van der Waals surface area contributed by atoms with E-state index in [-0.39, 0.29) is 5.56 Å². The Balaban J connectivity index is 0.000000757. The molecule has 2 heterocycles. The van der Waals surface area contributed by atoms with E-state index in [1.165, 1.54) is 23.3 Å². The second kappa shape index (κ2) is 10.2. The van der Waals surface area contributed by atoms with Crippen molar-refractivity contribution >= 4 is 16.6 Å². The van der Waals surface area contributed by atoms with Crippen molar-refractivity contribution in [2.45, 2.75) is 26.3 Å². The van der Waals surface area contributed by atoms with Crippen molar-refractivity contribution in [1.82, 2.24) is 9.88 Å². The van der Waals surface area contributed by atoms with Crippen LogP contribution in [0.1, 0.15) is 35.3 Å². The number of benzene rings is 2. The Hall–Kier alpha value is -2.91. The molecule has 0 unspecified atom stereocenters. The van der Waals surface area contributed by atoms with Crippen molar-refractivity contribution in [3.8, 4) is 12.8 Å². The van der Waals surface area contributed by atoms with Crippen molar-refractivity contribution in [2.75, 3.05) is 32.6 Å². The van der Waals surface area contributed by atoms with Gasteiger partial charge in [0.15, 0.2) is 0 Å². The van der Waals surface area contributed by atoms with Crippen molar-refractivity contribution < 1.29 is 13.2 Å². The molecule has 0 saturated heterocycles. The first kappa shape index (κ1) is 23.4. The van der Waals surface area contributed by atoms with Crippen LogP contribution in [0.3, 0.4) is 0 Å². The Morgan fingerprint density at radius 1 is 1.13 bits per heavy atom. The van der Waals surface area contributed by atoms with E-state index >= 15 is 0 Å². The van der Waals surface area contributed by atoms with E-state index in [9.17, 15) is 13.2 Å².